The largest absolute Gasteiger partial charge is 0.135 e. The Morgan fingerprint density at radius 3 is 0.267 bits per heavy atom. The summed E-state index contributed by atoms with van der Waals surface area (Å²) in [5.74, 6) is 0. The van der Waals surface area contributed by atoms with Crippen LogP contribution in [-0.4, -0.2) is 58.2 Å². The van der Waals surface area contributed by atoms with Crippen molar-refractivity contribution >= 4 is 637 Å². The number of alkyl halides is 36. The minimum absolute atomic E-state index is 0.617. The first-order valence-electron chi connectivity index (χ1n) is 12.3. The molecule has 0 rings (SSSR count). The summed E-state index contributed by atoms with van der Waals surface area (Å²) in [6.45, 7) is 0. The molecule has 0 aromatic heterocycles. The third-order valence-electron chi connectivity index (χ3n) is 7.18. The number of rotatable bonds is 19. The van der Waals surface area contributed by atoms with Gasteiger partial charge in [0, 0.05) is 0 Å². The van der Waals surface area contributed by atoms with Gasteiger partial charge in [-0.05, 0) is 0 Å². The summed E-state index contributed by atoms with van der Waals surface area (Å²) in [7, 11) is 0. The van der Waals surface area contributed by atoms with Crippen LogP contribution in [0.1, 0.15) is 0 Å². The molecular weight excluding hydrogens is 3440 g/mol. The van der Waals surface area contributed by atoms with Gasteiger partial charge in [-0.3, -0.25) is 0 Å². The van der Waals surface area contributed by atoms with Gasteiger partial charge >= 0.3 is 0 Å². The molecular formula is C20Br40. The van der Waals surface area contributed by atoms with Gasteiger partial charge in [0.05, 0.1) is 0 Å². The molecule has 0 fully saturated rings. The first-order valence-corrected chi connectivity index (χ1v) is 44.0. The molecule has 0 saturated heterocycles. The molecule has 0 atom stereocenters. The topological polar surface area (TPSA) is 0 Å². The van der Waals surface area contributed by atoms with Gasteiger partial charge in [-0.15, -0.1) is 0 Å². The van der Waals surface area contributed by atoms with Crippen LogP contribution in [0.4, 0.5) is 0 Å². The van der Waals surface area contributed by atoms with Gasteiger partial charge in [-0.1, -0.05) is 637 Å². The molecule has 0 aliphatic heterocycles. The van der Waals surface area contributed by atoms with Gasteiger partial charge in [0.1, 0.15) is 65.7 Å². The SMILES string of the molecule is Br[C](Br)C(Br)(Br)C(Br)(Br)C(Br)(Br)C(Br)(Br)C(Br)(Br)C(Br)(Br)C(Br)(Br)C(Br)(Br)C(Br)(Br)C(Br)(Br)C(Br)(Br)C(Br)(Br)C(Br)(Br)C(Br)(Br)C(Br)(Br)C(Br)(Br)C(Br)(Br)C(Br)(Br)[C](Br)Br. The molecule has 0 bridgehead atoms. The minimum atomic E-state index is -1.38. The molecule has 60 heavy (non-hydrogen) atoms. The van der Waals surface area contributed by atoms with Crippen molar-refractivity contribution in [2.24, 2.45) is 0 Å². The predicted molar refractivity (Wildman–Crippen MR) is 413 cm³/mol. The van der Waals surface area contributed by atoms with Gasteiger partial charge in [0.15, 0.2) is 0 Å². The normalized spacial score (nSPS) is 17.3. The molecule has 0 spiro atoms. The molecule has 0 aromatic carbocycles. The van der Waals surface area contributed by atoms with E-state index < -0.39 is 58.2 Å². The van der Waals surface area contributed by atoms with E-state index in [0.29, 0.717) is 7.47 Å². The maximum Gasteiger partial charge on any atom is 0.135 e. The van der Waals surface area contributed by atoms with E-state index >= 15 is 0 Å². The quantitative estimate of drug-likeness (QED) is 0.113. The molecule has 0 nitrogen and oxygen atoms in total. The Kier molecular flexibility index (Phi) is 34.7. The highest BCUT2D eigenvalue weighted by atomic mass is 80.0. The Bertz CT molecular complexity index is 1420. The van der Waals surface area contributed by atoms with Crippen molar-refractivity contribution in [3.63, 3.8) is 0 Å². The van der Waals surface area contributed by atoms with Crippen LogP contribution in [-0.2, 0) is 0 Å². The van der Waals surface area contributed by atoms with Crippen molar-refractivity contribution in [3.8, 4) is 0 Å². The molecule has 0 aromatic rings. The van der Waals surface area contributed by atoms with Crippen molar-refractivity contribution in [2.45, 2.75) is 58.2 Å². The van der Waals surface area contributed by atoms with Crippen molar-refractivity contribution in [1.29, 1.82) is 0 Å². The highest BCUT2D eigenvalue weighted by Crippen LogP contribution is 2.84. The van der Waals surface area contributed by atoms with Crippen molar-refractivity contribution in [1.82, 2.24) is 0 Å². The van der Waals surface area contributed by atoms with Crippen LogP contribution in [0.15, 0.2) is 0 Å². The molecule has 0 aliphatic rings. The number of halogens is 40. The summed E-state index contributed by atoms with van der Waals surface area (Å²) in [6, 6.07) is 0. The smallest absolute Gasteiger partial charge is 0.0675 e. The van der Waals surface area contributed by atoms with E-state index in [2.05, 4.69) is 637 Å². The fourth-order valence-corrected chi connectivity index (χ4v) is 43.6. The Labute approximate surface area is 684 Å². The molecule has 0 N–H and O–H groups in total. The average molecular weight is 3440 g/mol. The summed E-state index contributed by atoms with van der Waals surface area (Å²) in [5.41, 5.74) is 0. The molecule has 0 aliphatic carbocycles. The van der Waals surface area contributed by atoms with E-state index in [1.165, 1.54) is 0 Å². The lowest BCUT2D eigenvalue weighted by Crippen LogP contribution is -2.74. The number of hydrogen-bond acceptors (Lipinski definition) is 0. The summed E-state index contributed by atoms with van der Waals surface area (Å²) >= 11 is 157. The van der Waals surface area contributed by atoms with Crippen LogP contribution in [0.3, 0.4) is 0 Å². The van der Waals surface area contributed by atoms with E-state index in [1.807, 2.05) is 0 Å². The molecule has 2 radical (unpaired) electrons. The first-order chi connectivity index (χ1) is 25.1. The second-order valence-electron chi connectivity index (χ2n) is 10.9. The fourth-order valence-electron chi connectivity index (χ4n) is 3.39. The van der Waals surface area contributed by atoms with Crippen molar-refractivity contribution in [2.75, 3.05) is 0 Å². The van der Waals surface area contributed by atoms with Crippen LogP contribution in [0, 0.1) is 7.47 Å². The maximum absolute atomic E-state index is 4.05. The van der Waals surface area contributed by atoms with Crippen LogP contribution < -0.4 is 0 Å². The van der Waals surface area contributed by atoms with E-state index in [9.17, 15) is 0 Å². The first kappa shape index (κ1) is 79.2. The van der Waals surface area contributed by atoms with E-state index in [-0.39, 0.29) is 0 Å². The fraction of sp³-hybridized carbons (Fsp3) is 0.900. The Morgan fingerprint density at radius 1 is 0.133 bits per heavy atom. The van der Waals surface area contributed by atoms with Crippen LogP contribution in [0.2, 0.25) is 0 Å². The van der Waals surface area contributed by atoms with Crippen LogP contribution in [0.5, 0.6) is 0 Å². The van der Waals surface area contributed by atoms with E-state index in [4.69, 9.17) is 0 Å². The monoisotopic (exact) mass is 3400 g/mol. The highest BCUT2D eigenvalue weighted by Gasteiger charge is 2.85. The molecule has 40 heteroatoms. The Hall–Kier alpha value is 19.2. The predicted octanol–water partition coefficient (Wildman–Crippen LogP) is 30.3. The molecule has 0 unspecified atom stereocenters. The zero-order valence-electron chi connectivity index (χ0n) is 25.1. The van der Waals surface area contributed by atoms with Crippen molar-refractivity contribution < 1.29 is 0 Å². The summed E-state index contributed by atoms with van der Waals surface area (Å²) in [4.78, 5) is 0. The van der Waals surface area contributed by atoms with Gasteiger partial charge in [-0.2, -0.15) is 0 Å². The van der Waals surface area contributed by atoms with Crippen LogP contribution >= 0.6 is 637 Å². The zero-order valence-corrected chi connectivity index (χ0v) is 88.6. The molecule has 0 amide bonds. The zero-order chi connectivity index (χ0) is 50.2. The van der Waals surface area contributed by atoms with Crippen molar-refractivity contribution in [3.05, 3.63) is 7.47 Å². The Morgan fingerprint density at radius 2 is 0.200 bits per heavy atom. The standard InChI is InChI=1S/C20Br40/c21-1(22)3(25,26)5(29,30)7(33,34)9(37,38)11(41,42)13(45,46)15(49,50)17(53,54)19(57,58)20(59,60)18(55,56)16(51,52)14(47,48)12(43,44)10(39,40)8(35,36)6(31,32)4(27,28)2(23)24. The van der Waals surface area contributed by atoms with E-state index in [0.717, 1.165) is 0 Å². The third-order valence-corrected chi connectivity index (χ3v) is 92.0. The molecule has 0 heterocycles. The minimum Gasteiger partial charge on any atom is -0.0675 e. The molecule has 0 saturated carbocycles. The molecule has 360 valence electrons. The summed E-state index contributed by atoms with van der Waals surface area (Å²) in [6.07, 6.45) is 0. The summed E-state index contributed by atoms with van der Waals surface area (Å²) in [5, 5.41) is 0. The van der Waals surface area contributed by atoms with Gasteiger partial charge in [0.2, 0.25) is 0 Å². The van der Waals surface area contributed by atoms with Gasteiger partial charge < -0.3 is 0 Å². The second kappa shape index (κ2) is 26.3. The maximum atomic E-state index is 4.05. The highest BCUT2D eigenvalue weighted by molar-refractivity contribution is 9.41. The lowest BCUT2D eigenvalue weighted by Gasteiger charge is -2.62. The van der Waals surface area contributed by atoms with E-state index in [1.54, 1.807) is 0 Å². The third kappa shape index (κ3) is 13.2. The summed E-state index contributed by atoms with van der Waals surface area (Å²) < 4.78 is -21.3. The lowest BCUT2D eigenvalue weighted by atomic mass is 10.0. The average Bonchev–Trinajstić information content (AvgIpc) is 3.02. The second-order valence-corrected chi connectivity index (χ2v) is 78.1. The Balaban J connectivity index is 7.92. The lowest BCUT2D eigenvalue weighted by molar-refractivity contribution is 0.518. The van der Waals surface area contributed by atoms with Gasteiger partial charge in [-0.25, -0.2) is 0 Å². The van der Waals surface area contributed by atoms with Gasteiger partial charge in [0.25, 0.3) is 0 Å². The van der Waals surface area contributed by atoms with Crippen LogP contribution in [0.25, 0.3) is 0 Å². The number of hydrogen-bond donors (Lipinski definition) is 0.